The minimum absolute atomic E-state index is 0.0145. The lowest BCUT2D eigenvalue weighted by Crippen LogP contribution is -2.42. The first-order valence-electron chi connectivity index (χ1n) is 7.94. The molecule has 1 aliphatic heterocycles. The maximum atomic E-state index is 11.9. The molecule has 1 aromatic carbocycles. The van der Waals surface area contributed by atoms with Crippen molar-refractivity contribution in [2.45, 2.75) is 6.54 Å². The molecule has 5 nitrogen and oxygen atoms in total. The average Bonchev–Trinajstić information content (AvgIpc) is 2.64. The molecule has 0 fully saturated rings. The fourth-order valence-corrected chi connectivity index (χ4v) is 2.75. The Balaban J connectivity index is 1.69. The van der Waals surface area contributed by atoms with Crippen LogP contribution < -0.4 is 10.6 Å². The van der Waals surface area contributed by atoms with Gasteiger partial charge in [-0.1, -0.05) is 36.4 Å². The van der Waals surface area contributed by atoms with Crippen LogP contribution in [-0.2, 0) is 6.54 Å². The summed E-state index contributed by atoms with van der Waals surface area (Å²) in [5.74, 6) is 0.695. The molecule has 2 aliphatic rings. The first-order chi connectivity index (χ1) is 12.2. The molecule has 126 valence electrons. The lowest BCUT2D eigenvalue weighted by Gasteiger charge is -2.24. The van der Waals surface area contributed by atoms with E-state index in [1.165, 1.54) is 0 Å². The molecule has 3 rings (SSSR count). The number of aliphatic imine (C=N–C) groups is 2. The molecule has 1 unspecified atom stereocenters. The maximum Gasteiger partial charge on any atom is 0.251 e. The fourth-order valence-electron chi connectivity index (χ4n) is 2.55. The number of hydrogen-bond donors (Lipinski definition) is 2. The van der Waals surface area contributed by atoms with Crippen LogP contribution in [0, 0.1) is 5.92 Å². The second-order valence-corrected chi connectivity index (χ2v) is 5.97. The van der Waals surface area contributed by atoms with Crippen LogP contribution in [0.25, 0.3) is 0 Å². The molecule has 0 saturated heterocycles. The first kappa shape index (κ1) is 17.0. The molecule has 0 bridgehead atoms. The van der Waals surface area contributed by atoms with E-state index in [0.29, 0.717) is 23.8 Å². The van der Waals surface area contributed by atoms with E-state index < -0.39 is 0 Å². The van der Waals surface area contributed by atoms with Gasteiger partial charge >= 0.3 is 0 Å². The number of carbonyl (C=O) groups excluding carboxylic acids is 1. The van der Waals surface area contributed by atoms with E-state index in [1.54, 1.807) is 18.2 Å². The van der Waals surface area contributed by atoms with Gasteiger partial charge in [0.25, 0.3) is 5.91 Å². The third kappa shape index (κ3) is 4.16. The van der Waals surface area contributed by atoms with Crippen LogP contribution in [-0.4, -0.2) is 29.1 Å². The van der Waals surface area contributed by atoms with E-state index >= 15 is 0 Å². The Morgan fingerprint density at radius 2 is 2.16 bits per heavy atom. The predicted molar refractivity (Wildman–Crippen MR) is 105 cm³/mol. The smallest absolute Gasteiger partial charge is 0.251 e. The number of nitrogens with one attached hydrogen (secondary N) is 2. The number of hydrogen-bond acceptors (Lipinski definition) is 3. The minimum atomic E-state index is -0.114. The zero-order chi connectivity index (χ0) is 17.6. The van der Waals surface area contributed by atoms with Gasteiger partial charge in [-0.3, -0.25) is 9.79 Å². The largest absolute Gasteiger partial charge is 0.349 e. The topological polar surface area (TPSA) is 65.8 Å². The maximum absolute atomic E-state index is 11.9. The summed E-state index contributed by atoms with van der Waals surface area (Å²) in [4.78, 5) is 20.9. The number of benzene rings is 1. The molecule has 1 amide bonds. The summed E-state index contributed by atoms with van der Waals surface area (Å²) in [5.41, 5.74) is 2.53. The van der Waals surface area contributed by atoms with E-state index in [4.69, 9.17) is 12.2 Å². The number of nitrogens with zero attached hydrogens (tertiary/aromatic N) is 2. The van der Waals surface area contributed by atoms with Crippen molar-refractivity contribution in [3.63, 3.8) is 0 Å². The lowest BCUT2D eigenvalue weighted by atomic mass is 9.96. The first-order valence-corrected chi connectivity index (χ1v) is 8.35. The number of carbonyl (C=O) groups is 1. The SMILES string of the molecule is C=CCNC(=O)c1ccc(CN=C2NC(=S)N=C3C=CC=CC32)cc1. The van der Waals surface area contributed by atoms with Gasteiger partial charge in [-0.05, 0) is 36.0 Å². The van der Waals surface area contributed by atoms with Gasteiger partial charge in [-0.25, -0.2) is 4.99 Å². The summed E-state index contributed by atoms with van der Waals surface area (Å²) in [5, 5.41) is 6.26. The van der Waals surface area contributed by atoms with Gasteiger partial charge in [0.15, 0.2) is 5.11 Å². The Morgan fingerprint density at radius 1 is 1.36 bits per heavy atom. The lowest BCUT2D eigenvalue weighted by molar-refractivity contribution is 0.0958. The number of rotatable bonds is 5. The molecule has 0 radical (unpaired) electrons. The predicted octanol–water partition coefficient (Wildman–Crippen LogP) is 2.57. The third-order valence-electron chi connectivity index (χ3n) is 3.82. The Bertz CT molecular complexity index is 818. The van der Waals surface area contributed by atoms with Crippen molar-refractivity contribution in [3.8, 4) is 0 Å². The Labute approximate surface area is 152 Å². The molecule has 1 heterocycles. The second-order valence-electron chi connectivity index (χ2n) is 5.59. The van der Waals surface area contributed by atoms with Gasteiger partial charge in [0.05, 0.1) is 18.2 Å². The van der Waals surface area contributed by atoms with Crippen LogP contribution in [0.3, 0.4) is 0 Å². The number of amidine groups is 1. The molecule has 0 aromatic heterocycles. The summed E-state index contributed by atoms with van der Waals surface area (Å²) in [6.45, 7) is 4.53. The van der Waals surface area contributed by atoms with Gasteiger partial charge in [-0.2, -0.15) is 0 Å². The van der Waals surface area contributed by atoms with E-state index in [0.717, 1.165) is 17.1 Å². The minimum Gasteiger partial charge on any atom is -0.349 e. The van der Waals surface area contributed by atoms with Crippen LogP contribution >= 0.6 is 12.2 Å². The third-order valence-corrected chi connectivity index (χ3v) is 4.01. The number of amides is 1. The zero-order valence-electron chi connectivity index (χ0n) is 13.6. The molecular formula is C19H18N4OS. The summed E-state index contributed by atoms with van der Waals surface area (Å²) < 4.78 is 0. The van der Waals surface area contributed by atoms with Crippen molar-refractivity contribution in [3.05, 3.63) is 72.4 Å². The summed E-state index contributed by atoms with van der Waals surface area (Å²) in [6, 6.07) is 7.39. The van der Waals surface area contributed by atoms with Crippen molar-refractivity contribution >= 4 is 34.8 Å². The molecule has 0 saturated carbocycles. The number of fused-ring (bicyclic) bond motifs is 1. The summed E-state index contributed by atoms with van der Waals surface area (Å²) in [6.07, 6.45) is 9.56. The fraction of sp³-hybridized carbons (Fsp3) is 0.158. The van der Waals surface area contributed by atoms with Gasteiger partial charge in [-0.15, -0.1) is 6.58 Å². The van der Waals surface area contributed by atoms with Gasteiger partial charge in [0.1, 0.15) is 5.84 Å². The normalized spacial score (nSPS) is 19.8. The highest BCUT2D eigenvalue weighted by atomic mass is 32.1. The van der Waals surface area contributed by atoms with Gasteiger partial charge in [0.2, 0.25) is 0 Å². The number of thiocarbonyl (C=S) groups is 1. The molecule has 6 heteroatoms. The zero-order valence-corrected chi connectivity index (χ0v) is 14.4. The van der Waals surface area contributed by atoms with Crippen LogP contribution in [0.5, 0.6) is 0 Å². The van der Waals surface area contributed by atoms with Crippen molar-refractivity contribution < 1.29 is 4.79 Å². The molecule has 1 aliphatic carbocycles. The van der Waals surface area contributed by atoms with Crippen molar-refractivity contribution in [1.29, 1.82) is 0 Å². The van der Waals surface area contributed by atoms with Crippen LogP contribution in [0.15, 0.2) is 71.2 Å². The molecule has 0 spiro atoms. The Morgan fingerprint density at radius 3 is 2.92 bits per heavy atom. The molecular weight excluding hydrogens is 332 g/mol. The van der Waals surface area contributed by atoms with Crippen LogP contribution in [0.4, 0.5) is 0 Å². The van der Waals surface area contributed by atoms with Crippen LogP contribution in [0.2, 0.25) is 0 Å². The standard InChI is InChI=1S/C19H18N4OS/c1-2-11-20-18(24)14-9-7-13(8-10-14)12-21-17-15-5-3-4-6-16(15)22-19(25)23-17/h2-10,15H,1,11-12H2,(H,20,24)(H,21,23,25). The van der Waals surface area contributed by atoms with Gasteiger partial charge < -0.3 is 10.6 Å². The quantitative estimate of drug-likeness (QED) is 0.634. The number of allylic oxidation sites excluding steroid dienone is 3. The molecule has 2 N–H and O–H groups in total. The van der Waals surface area contributed by atoms with Crippen LogP contribution in [0.1, 0.15) is 15.9 Å². The van der Waals surface area contributed by atoms with E-state index in [-0.39, 0.29) is 11.8 Å². The van der Waals surface area contributed by atoms with E-state index in [1.807, 2.05) is 36.4 Å². The summed E-state index contributed by atoms with van der Waals surface area (Å²) >= 11 is 5.17. The highest BCUT2D eigenvalue weighted by Gasteiger charge is 2.24. The molecule has 1 atom stereocenters. The van der Waals surface area contributed by atoms with Crippen molar-refractivity contribution in [1.82, 2.24) is 10.6 Å². The Hall–Kier alpha value is -2.86. The highest BCUT2D eigenvalue weighted by Crippen LogP contribution is 2.16. The second kappa shape index (κ2) is 7.81. The van der Waals surface area contributed by atoms with Crippen molar-refractivity contribution in [2.75, 3.05) is 6.54 Å². The monoisotopic (exact) mass is 350 g/mol. The van der Waals surface area contributed by atoms with E-state index in [2.05, 4.69) is 27.2 Å². The van der Waals surface area contributed by atoms with Crippen molar-refractivity contribution in [2.24, 2.45) is 15.9 Å². The molecule has 1 aromatic rings. The summed E-state index contributed by atoms with van der Waals surface area (Å²) in [7, 11) is 0. The Kier molecular flexibility index (Phi) is 5.30. The molecule has 25 heavy (non-hydrogen) atoms. The average molecular weight is 350 g/mol. The van der Waals surface area contributed by atoms with Gasteiger partial charge in [0, 0.05) is 12.1 Å². The van der Waals surface area contributed by atoms with E-state index in [9.17, 15) is 4.79 Å². The highest BCUT2D eigenvalue weighted by molar-refractivity contribution is 7.80.